The molecule has 0 saturated heterocycles. The van der Waals surface area contributed by atoms with Crippen LogP contribution in [0, 0.1) is 0 Å². The number of hydrogen-bond donors (Lipinski definition) is 3. The highest BCUT2D eigenvalue weighted by atomic mass is 32.1. The Morgan fingerprint density at radius 3 is 2.59 bits per heavy atom. The van der Waals surface area contributed by atoms with Crippen molar-refractivity contribution in [1.29, 1.82) is 0 Å². The highest BCUT2D eigenvalue weighted by Crippen LogP contribution is 2.19. The van der Waals surface area contributed by atoms with E-state index in [1.807, 2.05) is 27.7 Å². The lowest BCUT2D eigenvalue weighted by Gasteiger charge is -2.19. The van der Waals surface area contributed by atoms with Gasteiger partial charge in [-0.25, -0.2) is 9.78 Å². The van der Waals surface area contributed by atoms with Crippen molar-refractivity contribution in [3.63, 3.8) is 0 Å². The van der Waals surface area contributed by atoms with E-state index in [9.17, 15) is 4.79 Å². The largest absolute Gasteiger partial charge is 0.444 e. The van der Waals surface area contributed by atoms with Gasteiger partial charge in [0.25, 0.3) is 0 Å². The molecule has 154 valence electrons. The standard InChI is InChI=1S/C19H35N5O2S/c1-7-20-17(21-10-8-11-23-18(25)26-19(4,5)6)22-12-9-15-13-27-16(24-15)14(2)3/h13-14H,7-12H2,1-6H3,(H,23,25)(H2,20,21,22). The second-order valence-electron chi connectivity index (χ2n) is 7.55. The fourth-order valence-corrected chi connectivity index (χ4v) is 3.00. The molecule has 8 heteroatoms. The summed E-state index contributed by atoms with van der Waals surface area (Å²) in [7, 11) is 0. The molecule has 0 aliphatic rings. The average Bonchev–Trinajstić information content (AvgIpc) is 3.02. The van der Waals surface area contributed by atoms with Gasteiger partial charge >= 0.3 is 6.09 Å². The zero-order valence-corrected chi connectivity index (χ0v) is 18.3. The number of hydrogen-bond acceptors (Lipinski definition) is 5. The number of carbonyl (C=O) groups is 1. The average molecular weight is 398 g/mol. The van der Waals surface area contributed by atoms with Crippen molar-refractivity contribution < 1.29 is 9.53 Å². The number of rotatable bonds is 9. The lowest BCUT2D eigenvalue weighted by atomic mass is 10.2. The minimum Gasteiger partial charge on any atom is -0.444 e. The van der Waals surface area contributed by atoms with Gasteiger partial charge in [-0.05, 0) is 34.1 Å². The van der Waals surface area contributed by atoms with E-state index in [-0.39, 0.29) is 6.09 Å². The van der Waals surface area contributed by atoms with Crippen molar-refractivity contribution in [1.82, 2.24) is 20.9 Å². The first-order valence-corrected chi connectivity index (χ1v) is 10.5. The van der Waals surface area contributed by atoms with Crippen molar-refractivity contribution in [3.8, 4) is 0 Å². The SMILES string of the molecule is CCNC(=NCCCNC(=O)OC(C)(C)C)NCCc1csc(C(C)C)n1. The summed E-state index contributed by atoms with van der Waals surface area (Å²) in [6, 6.07) is 0. The molecule has 0 unspecified atom stereocenters. The number of aliphatic imine (C=N–C) groups is 1. The highest BCUT2D eigenvalue weighted by Gasteiger charge is 2.15. The molecular formula is C19H35N5O2S. The van der Waals surface area contributed by atoms with Gasteiger partial charge in [0.15, 0.2) is 5.96 Å². The minimum atomic E-state index is -0.475. The number of nitrogens with zero attached hydrogens (tertiary/aromatic N) is 2. The Hall–Kier alpha value is -1.83. The lowest BCUT2D eigenvalue weighted by Crippen LogP contribution is -2.38. The molecule has 0 atom stereocenters. The van der Waals surface area contributed by atoms with E-state index in [0.717, 1.165) is 37.6 Å². The fourth-order valence-electron chi connectivity index (χ4n) is 2.13. The molecule has 0 saturated carbocycles. The third-order valence-electron chi connectivity index (χ3n) is 3.35. The number of amides is 1. The second-order valence-corrected chi connectivity index (χ2v) is 8.44. The van der Waals surface area contributed by atoms with Gasteiger partial charge in [-0.1, -0.05) is 13.8 Å². The Labute approximate surface area is 167 Å². The molecule has 1 heterocycles. The van der Waals surface area contributed by atoms with Gasteiger partial charge in [-0.3, -0.25) is 4.99 Å². The second kappa shape index (κ2) is 11.8. The van der Waals surface area contributed by atoms with Crippen LogP contribution in [0.15, 0.2) is 10.4 Å². The van der Waals surface area contributed by atoms with Crippen LogP contribution >= 0.6 is 11.3 Å². The molecule has 0 bridgehead atoms. The van der Waals surface area contributed by atoms with Crippen LogP contribution in [0.1, 0.15) is 64.6 Å². The molecule has 0 aliphatic heterocycles. The normalized spacial score (nSPS) is 12.2. The van der Waals surface area contributed by atoms with E-state index < -0.39 is 5.60 Å². The van der Waals surface area contributed by atoms with Gasteiger partial charge in [0.1, 0.15) is 5.60 Å². The Balaban J connectivity index is 2.29. The van der Waals surface area contributed by atoms with Crippen molar-refractivity contribution in [2.75, 3.05) is 26.2 Å². The molecule has 1 amide bonds. The lowest BCUT2D eigenvalue weighted by molar-refractivity contribution is 0.0527. The summed E-state index contributed by atoms with van der Waals surface area (Å²) in [6.45, 7) is 14.6. The zero-order valence-electron chi connectivity index (χ0n) is 17.5. The summed E-state index contributed by atoms with van der Waals surface area (Å²) in [5.74, 6) is 1.26. The Bertz CT molecular complexity index is 593. The maximum atomic E-state index is 11.6. The quantitative estimate of drug-likeness (QED) is 0.338. The number of guanidine groups is 1. The third kappa shape index (κ3) is 10.8. The van der Waals surface area contributed by atoms with E-state index in [2.05, 4.69) is 45.2 Å². The van der Waals surface area contributed by atoms with Crippen LogP contribution in [-0.2, 0) is 11.2 Å². The Morgan fingerprint density at radius 2 is 2.00 bits per heavy atom. The van der Waals surface area contributed by atoms with E-state index >= 15 is 0 Å². The van der Waals surface area contributed by atoms with Crippen LogP contribution in [0.25, 0.3) is 0 Å². The molecule has 0 fully saturated rings. The molecule has 0 radical (unpaired) electrons. The molecule has 1 aromatic heterocycles. The number of carbonyl (C=O) groups excluding carboxylic acids is 1. The Morgan fingerprint density at radius 1 is 1.26 bits per heavy atom. The molecule has 0 aliphatic carbocycles. The van der Waals surface area contributed by atoms with E-state index in [1.165, 1.54) is 5.01 Å². The topological polar surface area (TPSA) is 87.6 Å². The molecule has 7 nitrogen and oxygen atoms in total. The van der Waals surface area contributed by atoms with Crippen LogP contribution in [0.5, 0.6) is 0 Å². The molecule has 0 spiro atoms. The molecular weight excluding hydrogens is 362 g/mol. The summed E-state index contributed by atoms with van der Waals surface area (Å²) < 4.78 is 5.20. The first kappa shape index (κ1) is 23.2. The van der Waals surface area contributed by atoms with Crippen molar-refractivity contribution in [3.05, 3.63) is 16.1 Å². The number of ether oxygens (including phenoxy) is 1. The molecule has 3 N–H and O–H groups in total. The fraction of sp³-hybridized carbons (Fsp3) is 0.737. The van der Waals surface area contributed by atoms with E-state index in [4.69, 9.17) is 4.74 Å². The van der Waals surface area contributed by atoms with Gasteiger partial charge in [0.05, 0.1) is 10.7 Å². The zero-order chi connectivity index (χ0) is 20.3. The van der Waals surface area contributed by atoms with E-state index in [0.29, 0.717) is 19.0 Å². The van der Waals surface area contributed by atoms with Gasteiger partial charge in [0, 0.05) is 43.9 Å². The maximum absolute atomic E-state index is 11.6. The first-order valence-electron chi connectivity index (χ1n) is 9.64. The summed E-state index contributed by atoms with van der Waals surface area (Å²) >= 11 is 1.72. The van der Waals surface area contributed by atoms with Crippen LogP contribution in [-0.4, -0.2) is 48.8 Å². The van der Waals surface area contributed by atoms with Gasteiger partial charge in [0.2, 0.25) is 0 Å². The molecule has 1 aromatic rings. The number of alkyl carbamates (subject to hydrolysis) is 1. The summed E-state index contributed by atoms with van der Waals surface area (Å²) in [4.78, 5) is 20.8. The Kier molecular flexibility index (Phi) is 10.1. The smallest absolute Gasteiger partial charge is 0.407 e. The van der Waals surface area contributed by atoms with Gasteiger partial charge in [-0.15, -0.1) is 11.3 Å². The molecule has 1 rings (SSSR count). The number of aromatic nitrogens is 1. The van der Waals surface area contributed by atoms with E-state index in [1.54, 1.807) is 11.3 Å². The highest BCUT2D eigenvalue weighted by molar-refractivity contribution is 7.09. The van der Waals surface area contributed by atoms with Crippen LogP contribution in [0.2, 0.25) is 0 Å². The number of thiazole rings is 1. The molecule has 0 aromatic carbocycles. The molecule has 27 heavy (non-hydrogen) atoms. The van der Waals surface area contributed by atoms with Crippen LogP contribution < -0.4 is 16.0 Å². The predicted molar refractivity (Wildman–Crippen MR) is 113 cm³/mol. The van der Waals surface area contributed by atoms with Crippen molar-refractivity contribution in [2.24, 2.45) is 4.99 Å². The number of nitrogens with one attached hydrogen (secondary N) is 3. The van der Waals surface area contributed by atoms with Crippen LogP contribution in [0.3, 0.4) is 0 Å². The summed E-state index contributed by atoms with van der Waals surface area (Å²) in [6.07, 6.45) is 1.23. The first-order chi connectivity index (χ1) is 12.7. The monoisotopic (exact) mass is 397 g/mol. The van der Waals surface area contributed by atoms with Crippen molar-refractivity contribution in [2.45, 2.75) is 65.9 Å². The maximum Gasteiger partial charge on any atom is 0.407 e. The van der Waals surface area contributed by atoms with Crippen molar-refractivity contribution >= 4 is 23.4 Å². The summed E-state index contributed by atoms with van der Waals surface area (Å²) in [5, 5.41) is 12.6. The van der Waals surface area contributed by atoms with Gasteiger partial charge in [-0.2, -0.15) is 0 Å². The minimum absolute atomic E-state index is 0.388. The summed E-state index contributed by atoms with van der Waals surface area (Å²) in [5.41, 5.74) is 0.644. The third-order valence-corrected chi connectivity index (χ3v) is 4.55. The predicted octanol–water partition coefficient (Wildman–Crippen LogP) is 3.28. The van der Waals surface area contributed by atoms with Gasteiger partial charge < -0.3 is 20.7 Å². The van der Waals surface area contributed by atoms with Crippen LogP contribution in [0.4, 0.5) is 4.79 Å².